The molecule has 0 radical (unpaired) electrons. The van der Waals surface area contributed by atoms with Crippen LogP contribution in [0.5, 0.6) is 0 Å². The lowest BCUT2D eigenvalue weighted by atomic mass is 9.70. The van der Waals surface area contributed by atoms with Gasteiger partial charge in [0.2, 0.25) is 0 Å². The topological polar surface area (TPSA) is 105 Å². The number of urea groups is 1. The third-order valence-corrected chi connectivity index (χ3v) is 7.16. The summed E-state index contributed by atoms with van der Waals surface area (Å²) in [5.41, 5.74) is 1.61. The van der Waals surface area contributed by atoms with Crippen molar-refractivity contribution in [2.24, 2.45) is 23.2 Å². The van der Waals surface area contributed by atoms with E-state index in [4.69, 9.17) is 4.74 Å². The molecule has 3 rings (SSSR count). The second kappa shape index (κ2) is 8.55. The van der Waals surface area contributed by atoms with Gasteiger partial charge in [-0.05, 0) is 68.6 Å². The van der Waals surface area contributed by atoms with Crippen molar-refractivity contribution in [2.45, 2.75) is 84.6 Å². The summed E-state index contributed by atoms with van der Waals surface area (Å²) in [6.45, 7) is 8.27. The zero-order chi connectivity index (χ0) is 22.1. The summed E-state index contributed by atoms with van der Waals surface area (Å²) >= 11 is 0. The van der Waals surface area contributed by atoms with Crippen molar-refractivity contribution in [1.29, 1.82) is 0 Å². The molecule has 2 aliphatic carbocycles. The third kappa shape index (κ3) is 4.78. The standard InChI is InChI=1S/C22H35N3O5/c1-14-9-11-22(12-10-14)19(28)25(20(29)23-22)24-17(26)13-30-18(27)15-5-7-16(8-6-15)21(2,3)4/h14-16H,5-13H2,1-4H3,(H,23,29)(H,24,26). The zero-order valence-corrected chi connectivity index (χ0v) is 18.6. The largest absolute Gasteiger partial charge is 0.455 e. The van der Waals surface area contributed by atoms with E-state index in [0.29, 0.717) is 24.7 Å². The van der Waals surface area contributed by atoms with Gasteiger partial charge in [0.15, 0.2) is 6.61 Å². The third-order valence-electron chi connectivity index (χ3n) is 7.16. The van der Waals surface area contributed by atoms with E-state index in [1.54, 1.807) is 0 Å². The number of nitrogens with zero attached hydrogens (tertiary/aromatic N) is 1. The molecule has 0 unspecified atom stereocenters. The van der Waals surface area contributed by atoms with Gasteiger partial charge in [-0.1, -0.05) is 27.7 Å². The van der Waals surface area contributed by atoms with Gasteiger partial charge in [0, 0.05) is 0 Å². The maximum Gasteiger partial charge on any atom is 0.344 e. The van der Waals surface area contributed by atoms with Crippen molar-refractivity contribution in [3.63, 3.8) is 0 Å². The van der Waals surface area contributed by atoms with Crippen molar-refractivity contribution in [3.8, 4) is 0 Å². The van der Waals surface area contributed by atoms with Gasteiger partial charge in [-0.25, -0.2) is 4.79 Å². The Bertz CT molecular complexity index is 698. The molecule has 1 aliphatic heterocycles. The SMILES string of the molecule is CC1CCC2(CC1)NC(=O)N(NC(=O)COC(=O)C1CCC(C(C)(C)C)CC1)C2=O. The summed E-state index contributed by atoms with van der Waals surface area (Å²) in [7, 11) is 0. The van der Waals surface area contributed by atoms with E-state index >= 15 is 0 Å². The number of nitrogens with one attached hydrogen (secondary N) is 2. The van der Waals surface area contributed by atoms with E-state index < -0.39 is 30.0 Å². The van der Waals surface area contributed by atoms with Crippen LogP contribution in [0.15, 0.2) is 0 Å². The van der Waals surface area contributed by atoms with Crippen LogP contribution in [0.3, 0.4) is 0 Å². The van der Waals surface area contributed by atoms with E-state index in [9.17, 15) is 19.2 Å². The number of esters is 1. The van der Waals surface area contributed by atoms with Crippen molar-refractivity contribution in [3.05, 3.63) is 0 Å². The highest BCUT2D eigenvalue weighted by molar-refractivity contribution is 6.08. The summed E-state index contributed by atoms with van der Waals surface area (Å²) in [4.78, 5) is 49.6. The quantitative estimate of drug-likeness (QED) is 0.536. The molecular formula is C22H35N3O5. The number of imide groups is 1. The van der Waals surface area contributed by atoms with Crippen LogP contribution >= 0.6 is 0 Å². The lowest BCUT2D eigenvalue weighted by Gasteiger charge is -2.36. The molecule has 168 valence electrons. The average Bonchev–Trinajstić information content (AvgIpc) is 2.92. The van der Waals surface area contributed by atoms with Crippen LogP contribution in [0.4, 0.5) is 4.79 Å². The maximum absolute atomic E-state index is 12.8. The van der Waals surface area contributed by atoms with Crippen LogP contribution < -0.4 is 10.7 Å². The Hall–Kier alpha value is -2.12. The fourth-order valence-corrected chi connectivity index (χ4v) is 4.92. The van der Waals surface area contributed by atoms with Crippen molar-refractivity contribution in [1.82, 2.24) is 15.8 Å². The summed E-state index contributed by atoms with van der Waals surface area (Å²) < 4.78 is 5.18. The van der Waals surface area contributed by atoms with Crippen molar-refractivity contribution >= 4 is 23.8 Å². The molecule has 0 atom stereocenters. The first-order valence-corrected chi connectivity index (χ1v) is 11.1. The second-order valence-electron chi connectivity index (χ2n) is 10.4. The first kappa shape index (κ1) is 22.6. The Morgan fingerprint density at radius 1 is 1.10 bits per heavy atom. The van der Waals surface area contributed by atoms with E-state index in [1.807, 2.05) is 0 Å². The number of hydrazine groups is 1. The zero-order valence-electron chi connectivity index (χ0n) is 18.6. The number of hydrogen-bond donors (Lipinski definition) is 2. The normalized spacial score (nSPS) is 32.1. The fraction of sp³-hybridized carbons (Fsp3) is 0.818. The number of ether oxygens (including phenoxy) is 1. The number of carbonyl (C=O) groups excluding carboxylic acids is 4. The van der Waals surface area contributed by atoms with Crippen LogP contribution in [0.25, 0.3) is 0 Å². The number of rotatable bonds is 4. The highest BCUT2D eigenvalue weighted by Crippen LogP contribution is 2.40. The second-order valence-corrected chi connectivity index (χ2v) is 10.4. The molecule has 1 heterocycles. The lowest BCUT2D eigenvalue weighted by molar-refractivity contribution is -0.155. The molecule has 0 aromatic heterocycles. The van der Waals surface area contributed by atoms with Crippen molar-refractivity contribution in [2.75, 3.05) is 6.61 Å². The minimum Gasteiger partial charge on any atom is -0.455 e. The lowest BCUT2D eigenvalue weighted by Crippen LogP contribution is -2.52. The predicted octanol–water partition coefficient (Wildman–Crippen LogP) is 2.91. The highest BCUT2D eigenvalue weighted by Gasteiger charge is 2.53. The summed E-state index contributed by atoms with van der Waals surface area (Å²) in [6, 6.07) is -0.630. The summed E-state index contributed by atoms with van der Waals surface area (Å²) in [5, 5.41) is 3.48. The monoisotopic (exact) mass is 421 g/mol. The first-order valence-electron chi connectivity index (χ1n) is 11.1. The summed E-state index contributed by atoms with van der Waals surface area (Å²) in [6.07, 6.45) is 6.30. The number of hydrogen-bond acceptors (Lipinski definition) is 5. The molecule has 2 saturated carbocycles. The van der Waals surface area contributed by atoms with Crippen molar-refractivity contribution < 1.29 is 23.9 Å². The van der Waals surface area contributed by atoms with Gasteiger partial charge in [-0.15, -0.1) is 0 Å². The van der Waals surface area contributed by atoms with Gasteiger partial charge in [-0.3, -0.25) is 19.8 Å². The molecule has 3 aliphatic rings. The fourth-order valence-electron chi connectivity index (χ4n) is 4.92. The molecule has 0 aromatic rings. The molecule has 8 nitrogen and oxygen atoms in total. The van der Waals surface area contributed by atoms with Crippen LogP contribution in [0.2, 0.25) is 0 Å². The van der Waals surface area contributed by atoms with Gasteiger partial charge in [0.25, 0.3) is 11.8 Å². The molecule has 8 heteroatoms. The molecule has 0 bridgehead atoms. The Labute approximate surface area is 178 Å². The smallest absolute Gasteiger partial charge is 0.344 e. The van der Waals surface area contributed by atoms with E-state index in [1.165, 1.54) is 0 Å². The van der Waals surface area contributed by atoms with Gasteiger partial charge in [0.05, 0.1) is 5.92 Å². The Kier molecular flexibility index (Phi) is 6.43. The first-order chi connectivity index (χ1) is 14.0. The highest BCUT2D eigenvalue weighted by atomic mass is 16.5. The van der Waals surface area contributed by atoms with E-state index in [-0.39, 0.29) is 17.3 Å². The van der Waals surface area contributed by atoms with Gasteiger partial charge < -0.3 is 10.1 Å². The summed E-state index contributed by atoms with van der Waals surface area (Å²) in [5.74, 6) is -0.592. The van der Waals surface area contributed by atoms with Gasteiger partial charge in [0.1, 0.15) is 5.54 Å². The predicted molar refractivity (Wildman–Crippen MR) is 110 cm³/mol. The number of amides is 4. The molecule has 0 aromatic carbocycles. The van der Waals surface area contributed by atoms with E-state index in [2.05, 4.69) is 38.4 Å². The molecule has 3 fully saturated rings. The molecule has 2 N–H and O–H groups in total. The van der Waals surface area contributed by atoms with Crippen LogP contribution in [-0.2, 0) is 19.1 Å². The van der Waals surface area contributed by atoms with E-state index in [0.717, 1.165) is 43.5 Å². The van der Waals surface area contributed by atoms with Crippen LogP contribution in [0, 0.1) is 23.2 Å². The van der Waals surface area contributed by atoms with Crippen LogP contribution in [0.1, 0.15) is 79.1 Å². The molecular weight excluding hydrogens is 386 g/mol. The average molecular weight is 422 g/mol. The minimum atomic E-state index is -0.917. The maximum atomic E-state index is 12.8. The Morgan fingerprint density at radius 2 is 1.70 bits per heavy atom. The molecule has 1 spiro atoms. The molecule has 4 amide bonds. The molecule has 1 saturated heterocycles. The van der Waals surface area contributed by atoms with Crippen LogP contribution in [-0.4, -0.2) is 41.0 Å². The number of carbonyl (C=O) groups is 4. The Morgan fingerprint density at radius 3 is 2.27 bits per heavy atom. The Balaban J connectivity index is 1.45. The van der Waals surface area contributed by atoms with Gasteiger partial charge >= 0.3 is 12.0 Å². The molecule has 30 heavy (non-hydrogen) atoms. The van der Waals surface area contributed by atoms with Gasteiger partial charge in [-0.2, -0.15) is 5.01 Å². The minimum absolute atomic E-state index is 0.194.